The highest BCUT2D eigenvalue weighted by molar-refractivity contribution is 5.76. The van der Waals surface area contributed by atoms with E-state index in [1.54, 1.807) is 6.33 Å². The minimum Gasteiger partial charge on any atom is -0.473 e. The van der Waals surface area contributed by atoms with Gasteiger partial charge in [-0.2, -0.15) is 9.97 Å². The second kappa shape index (κ2) is 6.74. The van der Waals surface area contributed by atoms with Crippen molar-refractivity contribution in [2.75, 3.05) is 11.9 Å². The highest BCUT2D eigenvalue weighted by atomic mass is 16.5. The molecule has 2 aromatic rings. The zero-order valence-corrected chi connectivity index (χ0v) is 12.6. The van der Waals surface area contributed by atoms with Gasteiger partial charge in [-0.05, 0) is 32.1 Å². The van der Waals surface area contributed by atoms with Crippen LogP contribution in [0.2, 0.25) is 0 Å². The van der Waals surface area contributed by atoms with Gasteiger partial charge in [0.1, 0.15) is 11.6 Å². The van der Waals surface area contributed by atoms with E-state index in [0.29, 0.717) is 17.5 Å². The molecule has 21 heavy (non-hydrogen) atoms. The molecule has 0 unspecified atom stereocenters. The lowest BCUT2D eigenvalue weighted by Gasteiger charge is -2.17. The molecule has 6 heteroatoms. The Morgan fingerprint density at radius 1 is 1.24 bits per heavy atom. The smallest absolute Gasteiger partial charge is 0.245 e. The molecular weight excluding hydrogens is 266 g/mol. The lowest BCUT2D eigenvalue weighted by Crippen LogP contribution is -2.17. The molecule has 0 saturated heterocycles. The van der Waals surface area contributed by atoms with Gasteiger partial charge in [0, 0.05) is 6.54 Å². The standard InChI is InChI=1S/C15H23N5O/c1-2-9-16-15-19-13-12(17-10-18-13)14(20-15)21-11-7-5-3-4-6-8-11/h10-11H,2-9H2,1H3,(H2,16,17,18,19,20). The summed E-state index contributed by atoms with van der Waals surface area (Å²) in [5.41, 5.74) is 1.45. The largest absolute Gasteiger partial charge is 0.473 e. The molecule has 1 aliphatic carbocycles. The Balaban J connectivity index is 1.82. The van der Waals surface area contributed by atoms with Gasteiger partial charge in [-0.15, -0.1) is 0 Å². The first-order chi connectivity index (χ1) is 10.4. The molecule has 114 valence electrons. The van der Waals surface area contributed by atoms with Crippen LogP contribution in [0.15, 0.2) is 6.33 Å². The van der Waals surface area contributed by atoms with Crippen LogP contribution >= 0.6 is 0 Å². The van der Waals surface area contributed by atoms with E-state index in [9.17, 15) is 0 Å². The Kier molecular flexibility index (Phi) is 4.52. The van der Waals surface area contributed by atoms with E-state index in [2.05, 4.69) is 32.2 Å². The number of anilines is 1. The Bertz CT molecular complexity index is 574. The summed E-state index contributed by atoms with van der Waals surface area (Å²) >= 11 is 0. The van der Waals surface area contributed by atoms with E-state index < -0.39 is 0 Å². The number of aromatic amines is 1. The predicted octanol–water partition coefficient (Wildman–Crippen LogP) is 3.28. The van der Waals surface area contributed by atoms with Crippen LogP contribution in [-0.2, 0) is 0 Å². The van der Waals surface area contributed by atoms with Gasteiger partial charge in [-0.3, -0.25) is 0 Å². The summed E-state index contributed by atoms with van der Waals surface area (Å²) in [6.45, 7) is 2.96. The number of imidazole rings is 1. The van der Waals surface area contributed by atoms with Gasteiger partial charge in [0.25, 0.3) is 0 Å². The number of rotatable bonds is 5. The maximum Gasteiger partial charge on any atom is 0.245 e. The normalized spacial score (nSPS) is 16.8. The fourth-order valence-corrected chi connectivity index (χ4v) is 2.73. The molecule has 0 aromatic carbocycles. The van der Waals surface area contributed by atoms with Crippen molar-refractivity contribution in [1.29, 1.82) is 0 Å². The zero-order chi connectivity index (χ0) is 14.5. The van der Waals surface area contributed by atoms with Crippen molar-refractivity contribution < 1.29 is 4.74 Å². The van der Waals surface area contributed by atoms with Crippen LogP contribution < -0.4 is 10.1 Å². The predicted molar refractivity (Wildman–Crippen MR) is 82.6 cm³/mol. The van der Waals surface area contributed by atoms with Gasteiger partial charge in [0.15, 0.2) is 5.65 Å². The van der Waals surface area contributed by atoms with Gasteiger partial charge >= 0.3 is 0 Å². The number of hydrogen-bond donors (Lipinski definition) is 2. The quantitative estimate of drug-likeness (QED) is 0.826. The minimum atomic E-state index is 0.257. The van der Waals surface area contributed by atoms with E-state index in [-0.39, 0.29) is 6.10 Å². The van der Waals surface area contributed by atoms with Crippen molar-refractivity contribution in [3.63, 3.8) is 0 Å². The Morgan fingerprint density at radius 3 is 2.81 bits per heavy atom. The van der Waals surface area contributed by atoms with Crippen molar-refractivity contribution in [1.82, 2.24) is 19.9 Å². The summed E-state index contributed by atoms with van der Waals surface area (Å²) < 4.78 is 6.17. The van der Waals surface area contributed by atoms with Crippen molar-refractivity contribution in [2.45, 2.75) is 58.0 Å². The number of nitrogens with one attached hydrogen (secondary N) is 2. The Labute approximate surface area is 124 Å². The molecule has 1 aliphatic rings. The van der Waals surface area contributed by atoms with Gasteiger partial charge < -0.3 is 15.0 Å². The van der Waals surface area contributed by atoms with Crippen LogP contribution in [-0.4, -0.2) is 32.6 Å². The third-order valence-corrected chi connectivity index (χ3v) is 3.87. The maximum atomic E-state index is 6.17. The molecule has 1 fully saturated rings. The summed E-state index contributed by atoms with van der Waals surface area (Å²) in [7, 11) is 0. The molecule has 6 nitrogen and oxygen atoms in total. The molecule has 3 rings (SSSR count). The summed E-state index contributed by atoms with van der Waals surface area (Å²) in [6.07, 6.45) is 10.2. The van der Waals surface area contributed by atoms with Crippen molar-refractivity contribution in [3.05, 3.63) is 6.33 Å². The first-order valence-corrected chi connectivity index (χ1v) is 7.98. The average Bonchev–Trinajstić information content (AvgIpc) is 2.82. The molecule has 2 N–H and O–H groups in total. The topological polar surface area (TPSA) is 75.7 Å². The van der Waals surface area contributed by atoms with Gasteiger partial charge in [-0.25, -0.2) is 4.98 Å². The molecule has 1 saturated carbocycles. The summed E-state index contributed by atoms with van der Waals surface area (Å²) in [5, 5.41) is 3.21. The van der Waals surface area contributed by atoms with E-state index in [1.807, 2.05) is 0 Å². The molecule has 0 aliphatic heterocycles. The van der Waals surface area contributed by atoms with Gasteiger partial charge in [0.05, 0.1) is 6.33 Å². The third-order valence-electron chi connectivity index (χ3n) is 3.87. The lowest BCUT2D eigenvalue weighted by atomic mass is 10.1. The first kappa shape index (κ1) is 14.1. The zero-order valence-electron chi connectivity index (χ0n) is 12.6. The monoisotopic (exact) mass is 289 g/mol. The number of hydrogen-bond acceptors (Lipinski definition) is 5. The Hall–Kier alpha value is -1.85. The number of aromatic nitrogens is 4. The van der Waals surface area contributed by atoms with Crippen LogP contribution in [0.3, 0.4) is 0 Å². The Morgan fingerprint density at radius 2 is 2.05 bits per heavy atom. The summed E-state index contributed by atoms with van der Waals surface area (Å²) in [5.74, 6) is 1.23. The van der Waals surface area contributed by atoms with Crippen LogP contribution in [0.25, 0.3) is 11.2 Å². The van der Waals surface area contributed by atoms with Crippen molar-refractivity contribution in [3.8, 4) is 5.88 Å². The van der Waals surface area contributed by atoms with Gasteiger partial charge in [0.2, 0.25) is 11.8 Å². The van der Waals surface area contributed by atoms with Crippen molar-refractivity contribution in [2.24, 2.45) is 0 Å². The van der Waals surface area contributed by atoms with Gasteiger partial charge in [-0.1, -0.05) is 19.8 Å². The highest BCUT2D eigenvalue weighted by Gasteiger charge is 2.18. The van der Waals surface area contributed by atoms with E-state index in [4.69, 9.17) is 4.74 Å². The molecule has 0 radical (unpaired) electrons. The SMILES string of the molecule is CCCNc1nc(OC2CCCCCC2)c2[nH]cnc2n1. The molecule has 0 atom stereocenters. The number of nitrogens with zero attached hydrogens (tertiary/aromatic N) is 3. The van der Waals surface area contributed by atoms with Crippen LogP contribution in [0, 0.1) is 0 Å². The third kappa shape index (κ3) is 3.43. The number of ether oxygens (including phenoxy) is 1. The molecular formula is C15H23N5O. The lowest BCUT2D eigenvalue weighted by molar-refractivity contribution is 0.178. The van der Waals surface area contributed by atoms with Crippen LogP contribution in [0.4, 0.5) is 5.95 Å². The van der Waals surface area contributed by atoms with E-state index in [0.717, 1.165) is 31.3 Å². The minimum absolute atomic E-state index is 0.257. The average molecular weight is 289 g/mol. The summed E-state index contributed by atoms with van der Waals surface area (Å²) in [4.78, 5) is 16.2. The highest BCUT2D eigenvalue weighted by Crippen LogP contribution is 2.26. The second-order valence-corrected chi connectivity index (χ2v) is 5.61. The van der Waals surface area contributed by atoms with Crippen LogP contribution in [0.5, 0.6) is 5.88 Å². The second-order valence-electron chi connectivity index (χ2n) is 5.61. The number of H-pyrrole nitrogens is 1. The fraction of sp³-hybridized carbons (Fsp3) is 0.667. The number of fused-ring (bicyclic) bond motifs is 1. The van der Waals surface area contributed by atoms with E-state index in [1.165, 1.54) is 25.7 Å². The summed E-state index contributed by atoms with van der Waals surface area (Å²) in [6, 6.07) is 0. The maximum absolute atomic E-state index is 6.17. The molecule has 2 heterocycles. The molecule has 2 aromatic heterocycles. The first-order valence-electron chi connectivity index (χ1n) is 7.98. The van der Waals surface area contributed by atoms with Crippen LogP contribution in [0.1, 0.15) is 51.9 Å². The van der Waals surface area contributed by atoms with Crippen molar-refractivity contribution >= 4 is 17.1 Å². The molecule has 0 bridgehead atoms. The fourth-order valence-electron chi connectivity index (χ4n) is 2.73. The van der Waals surface area contributed by atoms with E-state index >= 15 is 0 Å². The molecule has 0 amide bonds. The molecule has 0 spiro atoms.